The molecule has 192 valence electrons. The van der Waals surface area contributed by atoms with Crippen LogP contribution in [0.2, 0.25) is 0 Å². The highest BCUT2D eigenvalue weighted by atomic mass is 32.2. The van der Waals surface area contributed by atoms with E-state index < -0.39 is 5.60 Å². The summed E-state index contributed by atoms with van der Waals surface area (Å²) in [6.45, 7) is 7.98. The maximum absolute atomic E-state index is 12.0. The van der Waals surface area contributed by atoms with Crippen molar-refractivity contribution in [2.75, 3.05) is 63.4 Å². The van der Waals surface area contributed by atoms with Crippen molar-refractivity contribution in [2.24, 2.45) is 0 Å². The summed E-state index contributed by atoms with van der Waals surface area (Å²) in [5, 5.41) is 0.632. The molecule has 0 bridgehead atoms. The summed E-state index contributed by atoms with van der Waals surface area (Å²) in [4.78, 5) is 37.7. The van der Waals surface area contributed by atoms with Gasteiger partial charge in [-0.2, -0.15) is 0 Å². The molecule has 1 aromatic heterocycles. The molecule has 0 atom stereocenters. The van der Waals surface area contributed by atoms with Crippen molar-refractivity contribution >= 4 is 35.6 Å². The number of likely N-dealkylation sites (N-methyl/N-ethyl adjacent to an activating group) is 2. The Kier molecular flexibility index (Phi) is 10.6. The Bertz CT molecular complexity index is 983. The average molecular weight is 504 g/mol. The molecular weight excluding hydrogens is 466 g/mol. The number of carbonyl (C=O) groups excluding carboxylic acids is 2. The van der Waals surface area contributed by atoms with Crippen molar-refractivity contribution in [1.82, 2.24) is 14.9 Å². The number of amides is 1. The molecule has 9 nitrogen and oxygen atoms in total. The first-order valence-electron chi connectivity index (χ1n) is 11.5. The molecule has 0 aliphatic heterocycles. The van der Waals surface area contributed by atoms with E-state index >= 15 is 0 Å². The number of ether oxygens (including phenoxy) is 2. The van der Waals surface area contributed by atoms with Crippen LogP contribution in [-0.4, -0.2) is 86.5 Å². The van der Waals surface area contributed by atoms with Gasteiger partial charge in [0.05, 0.1) is 12.2 Å². The number of anilines is 2. The fourth-order valence-corrected chi connectivity index (χ4v) is 3.46. The fraction of sp³-hybridized carbons (Fsp3) is 0.520. The predicted octanol–water partition coefficient (Wildman–Crippen LogP) is 4.22. The van der Waals surface area contributed by atoms with Crippen molar-refractivity contribution in [1.29, 1.82) is 0 Å². The summed E-state index contributed by atoms with van der Waals surface area (Å²) in [6.07, 6.45) is 4.61. The molecule has 2 aromatic rings. The average Bonchev–Trinajstić information content (AvgIpc) is 2.83. The van der Waals surface area contributed by atoms with E-state index in [0.29, 0.717) is 42.7 Å². The number of nitrogens with zero attached hydrogens (tertiary/aromatic N) is 5. The van der Waals surface area contributed by atoms with Gasteiger partial charge in [-0.15, -0.1) is 0 Å². The standard InChI is InChI=1S/C25H37N5O4S/c1-25(2,3)34-24(32)30(6)12-9-15-33-21-11-8-10-20(16-21)28(4)13-14-29(5)22-19(18-31)17-26-23(27-22)35-7/h8,10-11,16-18H,9,12-15H2,1-7H3. The number of hydrogen-bond donors (Lipinski definition) is 0. The number of hydrogen-bond acceptors (Lipinski definition) is 9. The van der Waals surface area contributed by atoms with Gasteiger partial charge in [-0.25, -0.2) is 14.8 Å². The molecule has 0 aliphatic carbocycles. The first kappa shape index (κ1) is 28.2. The van der Waals surface area contributed by atoms with Crippen molar-refractivity contribution in [3.05, 3.63) is 36.0 Å². The number of aromatic nitrogens is 2. The van der Waals surface area contributed by atoms with Gasteiger partial charge in [-0.3, -0.25) is 4.79 Å². The third-order valence-corrected chi connectivity index (χ3v) is 5.65. The lowest BCUT2D eigenvalue weighted by atomic mass is 10.2. The monoisotopic (exact) mass is 503 g/mol. The third-order valence-electron chi connectivity index (χ3n) is 5.09. The zero-order valence-corrected chi connectivity index (χ0v) is 22.6. The van der Waals surface area contributed by atoms with Crippen LogP contribution in [0.15, 0.2) is 35.6 Å². The largest absolute Gasteiger partial charge is 0.493 e. The van der Waals surface area contributed by atoms with Crippen LogP contribution in [0.5, 0.6) is 5.75 Å². The first-order chi connectivity index (χ1) is 16.5. The van der Waals surface area contributed by atoms with E-state index in [1.54, 1.807) is 18.1 Å². The molecule has 0 aliphatic rings. The summed E-state index contributed by atoms with van der Waals surface area (Å²) in [5.74, 6) is 1.40. The molecule has 0 spiro atoms. The van der Waals surface area contributed by atoms with Crippen LogP contribution in [0.1, 0.15) is 37.6 Å². The highest BCUT2D eigenvalue weighted by Crippen LogP contribution is 2.22. The molecular formula is C25H37N5O4S. The van der Waals surface area contributed by atoms with Gasteiger partial charge in [-0.1, -0.05) is 17.8 Å². The number of carbonyl (C=O) groups is 2. The Morgan fingerprint density at radius 2 is 1.83 bits per heavy atom. The van der Waals surface area contributed by atoms with E-state index in [-0.39, 0.29) is 6.09 Å². The summed E-state index contributed by atoms with van der Waals surface area (Å²) in [5.41, 5.74) is 0.984. The summed E-state index contributed by atoms with van der Waals surface area (Å²) < 4.78 is 11.3. The maximum Gasteiger partial charge on any atom is 0.410 e. The van der Waals surface area contributed by atoms with Gasteiger partial charge in [0.2, 0.25) is 0 Å². The lowest BCUT2D eigenvalue weighted by Gasteiger charge is -2.25. The Morgan fingerprint density at radius 3 is 2.49 bits per heavy atom. The maximum atomic E-state index is 12.0. The number of thioether (sulfide) groups is 1. The van der Waals surface area contributed by atoms with Crippen LogP contribution in [-0.2, 0) is 4.74 Å². The smallest absolute Gasteiger partial charge is 0.410 e. The molecule has 2 rings (SSSR count). The normalized spacial score (nSPS) is 11.1. The van der Waals surface area contributed by atoms with Gasteiger partial charge in [-0.05, 0) is 45.6 Å². The molecule has 0 saturated heterocycles. The second kappa shape index (κ2) is 13.2. The van der Waals surface area contributed by atoms with Crippen molar-refractivity contribution in [2.45, 2.75) is 37.9 Å². The Balaban J connectivity index is 1.85. The van der Waals surface area contributed by atoms with Crippen molar-refractivity contribution in [3.63, 3.8) is 0 Å². The molecule has 0 saturated carbocycles. The fourth-order valence-electron chi connectivity index (χ4n) is 3.12. The highest BCUT2D eigenvalue weighted by Gasteiger charge is 2.19. The van der Waals surface area contributed by atoms with Crippen LogP contribution in [0.3, 0.4) is 0 Å². The van der Waals surface area contributed by atoms with Gasteiger partial charge in [0.15, 0.2) is 11.4 Å². The number of benzene rings is 1. The van der Waals surface area contributed by atoms with Crippen LogP contribution in [0.25, 0.3) is 0 Å². The van der Waals surface area contributed by atoms with Crippen LogP contribution < -0.4 is 14.5 Å². The lowest BCUT2D eigenvalue weighted by Crippen LogP contribution is -2.35. The zero-order chi connectivity index (χ0) is 26.0. The summed E-state index contributed by atoms with van der Waals surface area (Å²) in [6, 6.07) is 7.89. The van der Waals surface area contributed by atoms with Gasteiger partial charge >= 0.3 is 6.09 Å². The van der Waals surface area contributed by atoms with Crippen LogP contribution >= 0.6 is 11.8 Å². The molecule has 0 unspecified atom stereocenters. The number of aldehydes is 1. The Morgan fingerprint density at radius 1 is 1.11 bits per heavy atom. The van der Waals surface area contributed by atoms with Gasteiger partial charge < -0.3 is 24.2 Å². The van der Waals surface area contributed by atoms with Crippen LogP contribution in [0, 0.1) is 0 Å². The van der Waals surface area contributed by atoms with E-state index in [1.165, 1.54) is 11.8 Å². The minimum absolute atomic E-state index is 0.335. The molecule has 1 heterocycles. The van der Waals surface area contributed by atoms with Crippen molar-refractivity contribution in [3.8, 4) is 5.75 Å². The minimum Gasteiger partial charge on any atom is -0.493 e. The van der Waals surface area contributed by atoms with E-state index in [2.05, 4.69) is 14.9 Å². The van der Waals surface area contributed by atoms with E-state index in [4.69, 9.17) is 9.47 Å². The van der Waals surface area contributed by atoms with Gasteiger partial charge in [0, 0.05) is 58.7 Å². The van der Waals surface area contributed by atoms with E-state index in [9.17, 15) is 9.59 Å². The number of rotatable bonds is 12. The second-order valence-electron chi connectivity index (χ2n) is 9.20. The minimum atomic E-state index is -0.508. The molecule has 35 heavy (non-hydrogen) atoms. The Labute approximate surface area is 212 Å². The Hall–Kier alpha value is -3.01. The molecule has 0 N–H and O–H groups in total. The van der Waals surface area contributed by atoms with E-state index in [1.807, 2.05) is 70.3 Å². The summed E-state index contributed by atoms with van der Waals surface area (Å²) in [7, 11) is 5.65. The highest BCUT2D eigenvalue weighted by molar-refractivity contribution is 7.98. The van der Waals surface area contributed by atoms with Crippen molar-refractivity contribution < 1.29 is 19.1 Å². The SMILES string of the molecule is CSc1ncc(C=O)c(N(C)CCN(C)c2cccc(OCCCN(C)C(=O)OC(C)(C)C)c2)n1. The first-order valence-corrected chi connectivity index (χ1v) is 12.7. The van der Waals surface area contributed by atoms with E-state index in [0.717, 1.165) is 24.3 Å². The van der Waals surface area contributed by atoms with Gasteiger partial charge in [0.25, 0.3) is 0 Å². The molecule has 0 fully saturated rings. The summed E-state index contributed by atoms with van der Waals surface area (Å²) >= 11 is 1.44. The third kappa shape index (κ3) is 9.28. The second-order valence-corrected chi connectivity index (χ2v) is 9.97. The zero-order valence-electron chi connectivity index (χ0n) is 21.8. The molecule has 0 radical (unpaired) electrons. The van der Waals surface area contributed by atoms with Gasteiger partial charge in [0.1, 0.15) is 17.2 Å². The topological polar surface area (TPSA) is 88.1 Å². The lowest BCUT2D eigenvalue weighted by molar-refractivity contribution is 0.0292. The molecule has 1 aromatic carbocycles. The molecule has 10 heteroatoms. The quantitative estimate of drug-likeness (QED) is 0.183. The van der Waals surface area contributed by atoms with Crippen LogP contribution in [0.4, 0.5) is 16.3 Å². The predicted molar refractivity (Wildman–Crippen MR) is 141 cm³/mol. The molecule has 1 amide bonds.